The van der Waals surface area contributed by atoms with E-state index < -0.39 is 0 Å². The maximum absolute atomic E-state index is 12.2. The molecule has 1 aliphatic carbocycles. The van der Waals surface area contributed by atoms with Gasteiger partial charge in [0, 0.05) is 13.1 Å². The summed E-state index contributed by atoms with van der Waals surface area (Å²) in [6.45, 7) is 0. The second-order valence-electron chi connectivity index (χ2n) is 4.66. The second kappa shape index (κ2) is 5.17. The Hall–Kier alpha value is -1.58. The number of carbonyl (C=O) groups excluding carboxylic acids is 1. The lowest BCUT2D eigenvalue weighted by atomic mass is 9.94. The molecule has 1 saturated carbocycles. The van der Waals surface area contributed by atoms with Gasteiger partial charge >= 0.3 is 0 Å². The zero-order chi connectivity index (χ0) is 12.3. The first kappa shape index (κ1) is 11.9. The van der Waals surface area contributed by atoms with Crippen LogP contribution in [0, 0.1) is 0 Å². The Bertz CT molecular complexity index is 399. The van der Waals surface area contributed by atoms with Crippen LogP contribution >= 0.6 is 0 Å². The van der Waals surface area contributed by atoms with Crippen molar-refractivity contribution in [1.29, 1.82) is 0 Å². The fourth-order valence-corrected chi connectivity index (χ4v) is 2.39. The van der Waals surface area contributed by atoms with Crippen LogP contribution in [0.25, 0.3) is 0 Å². The van der Waals surface area contributed by atoms with Crippen LogP contribution in [0.15, 0.2) is 18.2 Å². The molecule has 0 aliphatic heterocycles. The van der Waals surface area contributed by atoms with Crippen LogP contribution in [-0.4, -0.2) is 28.9 Å². The molecule has 4 heteroatoms. The molecule has 4 nitrogen and oxygen atoms in total. The third-order valence-electron chi connectivity index (χ3n) is 3.43. The van der Waals surface area contributed by atoms with Crippen LogP contribution in [0.1, 0.15) is 42.6 Å². The Labute approximate surface area is 102 Å². The van der Waals surface area contributed by atoms with Gasteiger partial charge in [0.2, 0.25) is 0 Å². The number of hydrogen-bond donors (Lipinski definition) is 1. The summed E-state index contributed by atoms with van der Waals surface area (Å²) in [7, 11) is 1.86. The molecule has 0 unspecified atom stereocenters. The van der Waals surface area contributed by atoms with Gasteiger partial charge in [0.05, 0.1) is 0 Å². The van der Waals surface area contributed by atoms with Gasteiger partial charge in [-0.15, -0.1) is 0 Å². The van der Waals surface area contributed by atoms with E-state index in [1.54, 1.807) is 18.2 Å². The minimum Gasteiger partial charge on any atom is -0.384 e. The zero-order valence-corrected chi connectivity index (χ0v) is 10.2. The van der Waals surface area contributed by atoms with E-state index in [2.05, 4.69) is 4.98 Å². The summed E-state index contributed by atoms with van der Waals surface area (Å²) in [6.07, 6.45) is 5.92. The molecule has 0 radical (unpaired) electrons. The molecular weight excluding hydrogens is 214 g/mol. The minimum absolute atomic E-state index is 0.0239. The molecule has 2 N–H and O–H groups in total. The van der Waals surface area contributed by atoms with Crippen molar-refractivity contribution in [1.82, 2.24) is 9.88 Å². The van der Waals surface area contributed by atoms with Crippen molar-refractivity contribution in [3.63, 3.8) is 0 Å². The molecular formula is C13H19N3O. The third kappa shape index (κ3) is 2.75. The lowest BCUT2D eigenvalue weighted by Gasteiger charge is -2.31. The van der Waals surface area contributed by atoms with Crippen molar-refractivity contribution >= 4 is 11.7 Å². The summed E-state index contributed by atoms with van der Waals surface area (Å²) in [4.78, 5) is 18.1. The smallest absolute Gasteiger partial charge is 0.272 e. The number of amides is 1. The fraction of sp³-hybridized carbons (Fsp3) is 0.538. The summed E-state index contributed by atoms with van der Waals surface area (Å²) >= 11 is 0. The Morgan fingerprint density at radius 2 is 2.06 bits per heavy atom. The van der Waals surface area contributed by atoms with E-state index in [1.807, 2.05) is 11.9 Å². The van der Waals surface area contributed by atoms with E-state index in [0.29, 0.717) is 17.6 Å². The van der Waals surface area contributed by atoms with Crippen molar-refractivity contribution < 1.29 is 4.79 Å². The van der Waals surface area contributed by atoms with Crippen molar-refractivity contribution in [2.24, 2.45) is 0 Å². The maximum atomic E-state index is 12.2. The molecule has 1 aromatic heterocycles. The number of nitrogen functional groups attached to an aromatic ring is 1. The number of hydrogen-bond acceptors (Lipinski definition) is 3. The standard InChI is InChI=1S/C13H19N3O/c1-16(10-6-3-2-4-7-10)13(17)11-8-5-9-12(14)15-11/h5,8-10H,2-4,6-7H2,1H3,(H2,14,15). The maximum Gasteiger partial charge on any atom is 0.272 e. The van der Waals surface area contributed by atoms with Gasteiger partial charge in [-0.2, -0.15) is 0 Å². The highest BCUT2D eigenvalue weighted by molar-refractivity contribution is 5.92. The molecule has 92 valence electrons. The van der Waals surface area contributed by atoms with E-state index in [-0.39, 0.29) is 5.91 Å². The number of pyridine rings is 1. The number of nitrogens with two attached hydrogens (primary N) is 1. The Kier molecular flexibility index (Phi) is 3.61. The van der Waals surface area contributed by atoms with E-state index >= 15 is 0 Å². The Morgan fingerprint density at radius 3 is 2.71 bits per heavy atom. The van der Waals surface area contributed by atoms with Gasteiger partial charge in [-0.3, -0.25) is 4.79 Å². The molecule has 2 rings (SSSR count). The van der Waals surface area contributed by atoms with Crippen LogP contribution < -0.4 is 5.73 Å². The average Bonchev–Trinajstić information content (AvgIpc) is 2.38. The SMILES string of the molecule is CN(C(=O)c1cccc(N)n1)C1CCCCC1. The highest BCUT2D eigenvalue weighted by Gasteiger charge is 2.23. The second-order valence-corrected chi connectivity index (χ2v) is 4.66. The topological polar surface area (TPSA) is 59.2 Å². The summed E-state index contributed by atoms with van der Waals surface area (Å²) in [5.74, 6) is 0.372. The van der Waals surface area contributed by atoms with Gasteiger partial charge < -0.3 is 10.6 Å². The Morgan fingerprint density at radius 1 is 1.35 bits per heavy atom. The molecule has 0 bridgehead atoms. The van der Waals surface area contributed by atoms with Crippen molar-refractivity contribution in [3.8, 4) is 0 Å². The largest absolute Gasteiger partial charge is 0.384 e. The first-order valence-electron chi connectivity index (χ1n) is 6.18. The lowest BCUT2D eigenvalue weighted by Crippen LogP contribution is -2.38. The lowest BCUT2D eigenvalue weighted by molar-refractivity contribution is 0.0690. The molecule has 0 aromatic carbocycles. The molecule has 1 aromatic rings. The molecule has 1 amide bonds. The van der Waals surface area contributed by atoms with Crippen molar-refractivity contribution in [2.75, 3.05) is 12.8 Å². The first-order chi connectivity index (χ1) is 8.18. The quantitative estimate of drug-likeness (QED) is 0.850. The van der Waals surface area contributed by atoms with E-state index in [4.69, 9.17) is 5.73 Å². The highest BCUT2D eigenvalue weighted by atomic mass is 16.2. The summed E-state index contributed by atoms with van der Waals surface area (Å²) in [6, 6.07) is 5.54. The van der Waals surface area contributed by atoms with Crippen molar-refractivity contribution in [3.05, 3.63) is 23.9 Å². The molecule has 1 aliphatic rings. The molecule has 0 saturated heterocycles. The van der Waals surface area contributed by atoms with Crippen LogP contribution in [-0.2, 0) is 0 Å². The van der Waals surface area contributed by atoms with Gasteiger partial charge in [0.1, 0.15) is 11.5 Å². The number of rotatable bonds is 2. The zero-order valence-electron chi connectivity index (χ0n) is 10.2. The third-order valence-corrected chi connectivity index (χ3v) is 3.43. The summed E-state index contributed by atoms with van der Waals surface area (Å²) in [5.41, 5.74) is 6.04. The van der Waals surface area contributed by atoms with Gasteiger partial charge in [0.25, 0.3) is 5.91 Å². The van der Waals surface area contributed by atoms with Crippen LogP contribution in [0.5, 0.6) is 0 Å². The number of anilines is 1. The first-order valence-corrected chi connectivity index (χ1v) is 6.18. The fourth-order valence-electron chi connectivity index (χ4n) is 2.39. The predicted octanol–water partition coefficient (Wildman–Crippen LogP) is 2.07. The van der Waals surface area contributed by atoms with Crippen LogP contribution in [0.3, 0.4) is 0 Å². The highest BCUT2D eigenvalue weighted by Crippen LogP contribution is 2.22. The minimum atomic E-state index is -0.0239. The van der Waals surface area contributed by atoms with Crippen molar-refractivity contribution in [2.45, 2.75) is 38.1 Å². The van der Waals surface area contributed by atoms with E-state index in [1.165, 1.54) is 19.3 Å². The van der Waals surface area contributed by atoms with Gasteiger partial charge in [-0.25, -0.2) is 4.98 Å². The van der Waals surface area contributed by atoms with E-state index in [0.717, 1.165) is 12.8 Å². The molecule has 0 spiro atoms. The molecule has 17 heavy (non-hydrogen) atoms. The van der Waals surface area contributed by atoms with Gasteiger partial charge in [-0.05, 0) is 25.0 Å². The molecule has 0 atom stereocenters. The number of nitrogens with zero attached hydrogens (tertiary/aromatic N) is 2. The molecule has 1 heterocycles. The van der Waals surface area contributed by atoms with Crippen LogP contribution in [0.2, 0.25) is 0 Å². The normalized spacial score (nSPS) is 16.8. The summed E-state index contributed by atoms with van der Waals surface area (Å²) in [5, 5.41) is 0. The predicted molar refractivity (Wildman–Crippen MR) is 67.6 cm³/mol. The van der Waals surface area contributed by atoms with Gasteiger partial charge in [-0.1, -0.05) is 25.3 Å². The Balaban J connectivity index is 2.08. The number of aromatic nitrogens is 1. The average molecular weight is 233 g/mol. The monoisotopic (exact) mass is 233 g/mol. The van der Waals surface area contributed by atoms with Gasteiger partial charge in [0.15, 0.2) is 0 Å². The summed E-state index contributed by atoms with van der Waals surface area (Å²) < 4.78 is 0. The number of carbonyl (C=O) groups is 1. The molecule has 1 fully saturated rings. The van der Waals surface area contributed by atoms with E-state index in [9.17, 15) is 4.79 Å². The van der Waals surface area contributed by atoms with Crippen LogP contribution in [0.4, 0.5) is 5.82 Å².